The van der Waals surface area contributed by atoms with E-state index in [1.165, 1.54) is 12.1 Å². The van der Waals surface area contributed by atoms with Gasteiger partial charge in [-0.2, -0.15) is 0 Å². The highest BCUT2D eigenvalue weighted by Gasteiger charge is 2.22. The van der Waals surface area contributed by atoms with Crippen LogP contribution < -0.4 is 5.32 Å². The lowest BCUT2D eigenvalue weighted by atomic mass is 10.0. The number of carbonyl (C=O) groups excluding carboxylic acids is 1. The Labute approximate surface area is 115 Å². The van der Waals surface area contributed by atoms with Gasteiger partial charge in [0.25, 0.3) is 5.91 Å². The summed E-state index contributed by atoms with van der Waals surface area (Å²) in [5.74, 6) is -0.875. The van der Waals surface area contributed by atoms with Crippen LogP contribution in [0.15, 0.2) is 18.2 Å². The number of phenols is 1. The molecule has 2 N–H and O–H groups in total. The Morgan fingerprint density at radius 1 is 1.55 bits per heavy atom. The van der Waals surface area contributed by atoms with Crippen LogP contribution in [0.5, 0.6) is 5.75 Å². The minimum atomic E-state index is -0.721. The van der Waals surface area contributed by atoms with Gasteiger partial charge in [0.05, 0.1) is 17.1 Å². The summed E-state index contributed by atoms with van der Waals surface area (Å²) in [4.78, 5) is 21.9. The molecule has 1 fully saturated rings. The second-order valence-electron chi connectivity index (χ2n) is 4.72. The van der Waals surface area contributed by atoms with E-state index in [0.29, 0.717) is 13.2 Å². The second-order valence-corrected chi connectivity index (χ2v) is 4.72. The van der Waals surface area contributed by atoms with Crippen LogP contribution >= 0.6 is 0 Å². The highest BCUT2D eigenvalue weighted by atomic mass is 16.6. The molecule has 1 amide bonds. The van der Waals surface area contributed by atoms with Gasteiger partial charge < -0.3 is 15.2 Å². The Kier molecular flexibility index (Phi) is 4.52. The summed E-state index contributed by atoms with van der Waals surface area (Å²) in [5, 5.41) is 23.1. The van der Waals surface area contributed by atoms with E-state index in [1.54, 1.807) is 0 Å². The molecule has 1 aliphatic rings. The van der Waals surface area contributed by atoms with E-state index in [4.69, 9.17) is 4.74 Å². The maximum atomic E-state index is 11.9. The number of amides is 1. The average Bonchev–Trinajstić information content (AvgIpc) is 2.46. The molecule has 0 bridgehead atoms. The van der Waals surface area contributed by atoms with Gasteiger partial charge in [-0.1, -0.05) is 6.07 Å². The molecular weight excluding hydrogens is 264 g/mol. The molecule has 1 unspecified atom stereocenters. The van der Waals surface area contributed by atoms with Crippen molar-refractivity contribution in [1.29, 1.82) is 0 Å². The summed E-state index contributed by atoms with van der Waals surface area (Å²) in [7, 11) is 0. The van der Waals surface area contributed by atoms with Gasteiger partial charge in [0, 0.05) is 19.2 Å². The van der Waals surface area contributed by atoms with Crippen LogP contribution in [0.25, 0.3) is 0 Å². The fraction of sp³-hybridized carbons (Fsp3) is 0.462. The monoisotopic (exact) mass is 280 g/mol. The van der Waals surface area contributed by atoms with E-state index in [-0.39, 0.29) is 11.5 Å². The lowest BCUT2D eigenvalue weighted by Gasteiger charge is -2.22. The standard InChI is InChI=1S/C13H16N2O5/c16-12-10(4-1-5-11(12)15(18)19)13(17)14-7-9-3-2-6-20-8-9/h1,4-5,9,16H,2-3,6-8H2,(H,14,17). The predicted molar refractivity (Wildman–Crippen MR) is 70.6 cm³/mol. The fourth-order valence-corrected chi connectivity index (χ4v) is 2.16. The molecule has 0 spiro atoms. The van der Waals surface area contributed by atoms with E-state index in [9.17, 15) is 20.0 Å². The second kappa shape index (κ2) is 6.33. The lowest BCUT2D eigenvalue weighted by molar-refractivity contribution is -0.385. The zero-order valence-corrected chi connectivity index (χ0v) is 10.9. The molecule has 0 aromatic heterocycles. The van der Waals surface area contributed by atoms with E-state index in [2.05, 4.69) is 5.32 Å². The largest absolute Gasteiger partial charge is 0.502 e. The van der Waals surface area contributed by atoms with E-state index in [0.717, 1.165) is 25.5 Å². The zero-order valence-electron chi connectivity index (χ0n) is 10.9. The van der Waals surface area contributed by atoms with Crippen molar-refractivity contribution >= 4 is 11.6 Å². The first-order valence-electron chi connectivity index (χ1n) is 6.42. The molecule has 1 heterocycles. The van der Waals surface area contributed by atoms with Gasteiger partial charge in [-0.25, -0.2) is 0 Å². The predicted octanol–water partition coefficient (Wildman–Crippen LogP) is 1.46. The van der Waals surface area contributed by atoms with Crippen molar-refractivity contribution < 1.29 is 19.6 Å². The summed E-state index contributed by atoms with van der Waals surface area (Å²) >= 11 is 0. The molecular formula is C13H16N2O5. The first-order valence-corrected chi connectivity index (χ1v) is 6.42. The van der Waals surface area contributed by atoms with Crippen LogP contribution in [0.1, 0.15) is 23.2 Å². The number of hydrogen-bond donors (Lipinski definition) is 2. The minimum absolute atomic E-state index is 0.0871. The smallest absolute Gasteiger partial charge is 0.311 e. The van der Waals surface area contributed by atoms with Crippen LogP contribution in [0.4, 0.5) is 5.69 Å². The van der Waals surface area contributed by atoms with Crippen LogP contribution in [0.3, 0.4) is 0 Å². The van der Waals surface area contributed by atoms with Crippen LogP contribution in [0.2, 0.25) is 0 Å². The van der Waals surface area contributed by atoms with Crippen molar-refractivity contribution in [3.05, 3.63) is 33.9 Å². The van der Waals surface area contributed by atoms with Crippen molar-refractivity contribution in [1.82, 2.24) is 5.32 Å². The molecule has 108 valence electrons. The summed E-state index contributed by atoms with van der Waals surface area (Å²) in [6.45, 7) is 1.78. The summed E-state index contributed by atoms with van der Waals surface area (Å²) in [5.41, 5.74) is -0.561. The fourth-order valence-electron chi connectivity index (χ4n) is 2.16. The third kappa shape index (κ3) is 3.24. The number of nitro benzene ring substituents is 1. The number of nitrogens with one attached hydrogen (secondary N) is 1. The minimum Gasteiger partial charge on any atom is -0.502 e. The number of nitro groups is 1. The Balaban J connectivity index is 2.01. The third-order valence-corrected chi connectivity index (χ3v) is 3.26. The number of benzene rings is 1. The van der Waals surface area contributed by atoms with Crippen LogP contribution in [-0.2, 0) is 4.74 Å². The van der Waals surface area contributed by atoms with Crippen LogP contribution in [0, 0.1) is 16.0 Å². The summed E-state index contributed by atoms with van der Waals surface area (Å²) in [6.07, 6.45) is 1.93. The maximum absolute atomic E-state index is 11.9. The van der Waals surface area contributed by atoms with E-state index < -0.39 is 22.3 Å². The molecule has 0 saturated carbocycles. The van der Waals surface area contributed by atoms with E-state index >= 15 is 0 Å². The normalized spacial score (nSPS) is 18.5. The van der Waals surface area contributed by atoms with Gasteiger partial charge in [0.15, 0.2) is 0 Å². The number of ether oxygens (including phenoxy) is 1. The molecule has 2 rings (SSSR count). The SMILES string of the molecule is O=C(NCC1CCCOC1)c1cccc([N+](=O)[O-])c1O. The maximum Gasteiger partial charge on any atom is 0.311 e. The molecule has 1 atom stereocenters. The number of rotatable bonds is 4. The topological polar surface area (TPSA) is 102 Å². The number of hydrogen-bond acceptors (Lipinski definition) is 5. The zero-order chi connectivity index (χ0) is 14.5. The lowest BCUT2D eigenvalue weighted by Crippen LogP contribution is -2.33. The molecule has 20 heavy (non-hydrogen) atoms. The van der Waals surface area contributed by atoms with Crippen molar-refractivity contribution in [2.24, 2.45) is 5.92 Å². The van der Waals surface area contributed by atoms with Crippen molar-refractivity contribution in [2.45, 2.75) is 12.8 Å². The Morgan fingerprint density at radius 2 is 2.35 bits per heavy atom. The molecule has 1 aliphatic heterocycles. The first-order chi connectivity index (χ1) is 9.59. The van der Waals surface area contributed by atoms with Gasteiger partial charge in [0.2, 0.25) is 5.75 Å². The third-order valence-electron chi connectivity index (χ3n) is 3.26. The first kappa shape index (κ1) is 14.3. The Hall–Kier alpha value is -2.15. The van der Waals surface area contributed by atoms with Crippen molar-refractivity contribution in [3.8, 4) is 5.75 Å². The Morgan fingerprint density at radius 3 is 3.00 bits per heavy atom. The number of carbonyl (C=O) groups is 1. The van der Waals surface area contributed by atoms with E-state index in [1.807, 2.05) is 0 Å². The van der Waals surface area contributed by atoms with Gasteiger partial charge in [-0.3, -0.25) is 14.9 Å². The van der Waals surface area contributed by atoms with Crippen LogP contribution in [-0.4, -0.2) is 35.7 Å². The van der Waals surface area contributed by atoms with Gasteiger partial charge in [-0.15, -0.1) is 0 Å². The average molecular weight is 280 g/mol. The highest BCUT2D eigenvalue weighted by Crippen LogP contribution is 2.29. The van der Waals surface area contributed by atoms with Crippen molar-refractivity contribution in [2.75, 3.05) is 19.8 Å². The molecule has 1 aromatic carbocycles. The number of para-hydroxylation sites is 1. The summed E-state index contributed by atoms with van der Waals surface area (Å²) < 4.78 is 5.30. The molecule has 7 nitrogen and oxygen atoms in total. The molecule has 0 aliphatic carbocycles. The van der Waals surface area contributed by atoms with Crippen molar-refractivity contribution in [3.63, 3.8) is 0 Å². The Bertz CT molecular complexity index is 511. The molecule has 7 heteroatoms. The molecule has 1 saturated heterocycles. The molecule has 0 radical (unpaired) electrons. The van der Waals surface area contributed by atoms with Gasteiger partial charge in [-0.05, 0) is 24.8 Å². The van der Waals surface area contributed by atoms with Gasteiger partial charge >= 0.3 is 5.69 Å². The number of phenolic OH excluding ortho intramolecular Hbond substituents is 1. The quantitative estimate of drug-likeness (QED) is 0.642. The number of aromatic hydroxyl groups is 1. The summed E-state index contributed by atoms with van der Waals surface area (Å²) in [6, 6.07) is 3.88. The molecule has 1 aromatic rings. The van der Waals surface area contributed by atoms with Gasteiger partial charge in [0.1, 0.15) is 0 Å². The number of nitrogens with zero attached hydrogens (tertiary/aromatic N) is 1. The highest BCUT2D eigenvalue weighted by molar-refractivity contribution is 5.98.